The van der Waals surface area contributed by atoms with Gasteiger partial charge in [0, 0.05) is 5.38 Å². The van der Waals surface area contributed by atoms with Crippen molar-refractivity contribution in [3.05, 3.63) is 11.1 Å². The number of nitrogens with zero attached hydrogens (tertiary/aromatic N) is 3. The molecule has 1 aromatic rings. The zero-order valence-electron chi connectivity index (χ0n) is 18.9. The first kappa shape index (κ1) is 31.7. The number of β-lactam (4-membered cyclic amide) rings is 1. The van der Waals surface area contributed by atoms with E-state index in [-0.39, 0.29) is 57.2 Å². The molecule has 2 N–H and O–H groups in total. The molecule has 36 heavy (non-hydrogen) atoms. The molecule has 192 valence electrons. The Morgan fingerprint density at radius 1 is 1.31 bits per heavy atom. The van der Waals surface area contributed by atoms with Gasteiger partial charge >= 0.3 is 41.5 Å². The number of ether oxygens (including phenoxy) is 2. The normalized spacial score (nSPS) is 17.3. The third-order valence-electron chi connectivity index (χ3n) is 3.97. The number of carbonyl (C=O) groups excluding carboxylic acids is 5. The number of thiazole rings is 1. The Bertz CT molecular complexity index is 1160. The maximum Gasteiger partial charge on any atom is 1.00 e. The van der Waals surface area contributed by atoms with Gasteiger partial charge in [-0.05, 0) is 6.92 Å². The molecule has 0 saturated carbocycles. The maximum atomic E-state index is 12.8. The Morgan fingerprint density at radius 3 is 2.53 bits per heavy atom. The molecule has 0 unspecified atom stereocenters. The summed E-state index contributed by atoms with van der Waals surface area (Å²) in [6, 6.07) is -3.96. The Kier molecular flexibility index (Phi) is 12.2. The number of aromatic nitrogens is 1. The summed E-state index contributed by atoms with van der Waals surface area (Å²) in [6.45, 7) is 0.516. The average Bonchev–Trinajstić information content (AvgIpc) is 3.24. The van der Waals surface area contributed by atoms with Crippen LogP contribution in [0.1, 0.15) is 12.6 Å². The zero-order chi connectivity index (χ0) is 26.3. The van der Waals surface area contributed by atoms with Gasteiger partial charge in [0.1, 0.15) is 24.7 Å². The van der Waals surface area contributed by atoms with Gasteiger partial charge in [0.15, 0.2) is 33.8 Å². The number of anilines is 1. The van der Waals surface area contributed by atoms with E-state index in [1.54, 1.807) is 0 Å². The van der Waals surface area contributed by atoms with Crippen LogP contribution < -0.4 is 40.2 Å². The van der Waals surface area contributed by atoms with Gasteiger partial charge in [-0.2, -0.15) is 0 Å². The predicted octanol–water partition coefficient (Wildman–Crippen LogP) is -5.06. The Hall–Kier alpha value is -2.35. The van der Waals surface area contributed by atoms with Crippen LogP contribution in [0.4, 0.5) is 5.13 Å². The zero-order valence-corrected chi connectivity index (χ0v) is 23.3. The van der Waals surface area contributed by atoms with Crippen LogP contribution in [0, 0.1) is 0 Å². The van der Waals surface area contributed by atoms with E-state index >= 15 is 0 Å². The molecule has 1 aromatic heterocycles. The second-order valence-corrected chi connectivity index (χ2v) is 8.62. The summed E-state index contributed by atoms with van der Waals surface area (Å²) in [4.78, 5) is 68.7. The van der Waals surface area contributed by atoms with Crippen molar-refractivity contribution in [1.29, 1.82) is 0 Å². The molecule has 1 aliphatic heterocycles. The van der Waals surface area contributed by atoms with Crippen molar-refractivity contribution in [2.45, 2.75) is 19.0 Å². The monoisotopic (exact) mass is 577 g/mol. The van der Waals surface area contributed by atoms with E-state index in [1.807, 2.05) is 0 Å². The molecular weight excluding hydrogens is 561 g/mol. The van der Waals surface area contributed by atoms with Crippen molar-refractivity contribution >= 4 is 73.7 Å². The van der Waals surface area contributed by atoms with E-state index in [9.17, 15) is 36.9 Å². The molecule has 1 aliphatic rings. The molecule has 0 aliphatic carbocycles. The first-order valence-electron chi connectivity index (χ1n) is 9.29. The van der Waals surface area contributed by atoms with Crippen LogP contribution in [-0.4, -0.2) is 95.9 Å². The number of halogens is 1. The van der Waals surface area contributed by atoms with E-state index in [4.69, 9.17) is 11.6 Å². The molecule has 3 amide bonds. The molecule has 0 aromatic carbocycles. The smallest absolute Gasteiger partial charge is 0.731 e. The van der Waals surface area contributed by atoms with Gasteiger partial charge in [-0.25, -0.2) is 27.3 Å². The first-order valence-corrected chi connectivity index (χ1v) is 12.1. The summed E-state index contributed by atoms with van der Waals surface area (Å²) in [5.41, 5.74) is -0.647. The number of rotatable bonds is 11. The topological polar surface area (TPSA) is 223 Å². The number of oxime groups is 1. The van der Waals surface area contributed by atoms with Crippen molar-refractivity contribution in [2.75, 3.05) is 31.5 Å². The molecule has 1 saturated heterocycles. The Labute approximate surface area is 234 Å². The summed E-state index contributed by atoms with van der Waals surface area (Å²) >= 11 is 6.29. The molecule has 0 bridgehead atoms. The molecule has 0 spiro atoms. The minimum Gasteiger partial charge on any atom is -0.731 e. The fraction of sp³-hybridized carbons (Fsp3) is 0.438. The largest absolute Gasteiger partial charge is 1.00 e. The molecule has 2 atom stereocenters. The van der Waals surface area contributed by atoms with Crippen molar-refractivity contribution in [3.8, 4) is 0 Å². The van der Waals surface area contributed by atoms with E-state index in [1.165, 1.54) is 12.3 Å². The van der Waals surface area contributed by atoms with Gasteiger partial charge in [0.05, 0.1) is 6.61 Å². The number of carbonyl (C=O) groups is 5. The fourth-order valence-electron chi connectivity index (χ4n) is 2.60. The van der Waals surface area contributed by atoms with Crippen LogP contribution in [0.25, 0.3) is 0 Å². The summed E-state index contributed by atoms with van der Waals surface area (Å²) in [7, 11) is -4.38. The maximum absolute atomic E-state index is 12.8. The van der Waals surface area contributed by atoms with Crippen LogP contribution in [0.3, 0.4) is 0 Å². The molecule has 20 heteroatoms. The third-order valence-corrected chi connectivity index (χ3v) is 5.86. The van der Waals surface area contributed by atoms with E-state index < -0.39 is 64.4 Å². The molecule has 2 heterocycles. The van der Waals surface area contributed by atoms with Crippen LogP contribution in [0.15, 0.2) is 10.5 Å². The molecule has 0 radical (unpaired) electrons. The van der Waals surface area contributed by atoms with Crippen molar-refractivity contribution in [2.24, 2.45) is 5.16 Å². The number of hydrogen-bond donors (Lipinski definition) is 2. The number of esters is 2. The molecule has 16 nitrogen and oxygen atoms in total. The minimum atomic E-state index is -5.47. The average molecular weight is 578 g/mol. The second kappa shape index (κ2) is 13.8. The molecular formula is C16H17ClN5NaO11S2. The Balaban J connectivity index is 0.00000648. The number of amides is 3. The van der Waals surface area contributed by atoms with Crippen LogP contribution in [0.5, 0.6) is 0 Å². The number of nitrogens with one attached hydrogen (secondary N) is 2. The minimum absolute atomic E-state index is 0. The SMILES string of the molecule is CCOC(=O)COC(=O)[C@@H]1[C@H](NC(=O)C(=NOC)c2csc(NC(=O)CCl)n2)C(=O)N1S(=O)(=O)[O-].[Na+]. The summed E-state index contributed by atoms with van der Waals surface area (Å²) in [5, 5.41) is 9.23. The number of hydrogen-bond acceptors (Lipinski definition) is 14. The van der Waals surface area contributed by atoms with Gasteiger partial charge in [-0.1, -0.05) is 5.16 Å². The van der Waals surface area contributed by atoms with Crippen molar-refractivity contribution < 1.29 is 80.8 Å². The van der Waals surface area contributed by atoms with E-state index in [0.717, 1.165) is 18.4 Å². The van der Waals surface area contributed by atoms with Crippen molar-refractivity contribution in [3.63, 3.8) is 0 Å². The quantitative estimate of drug-likeness (QED) is 0.0479. The van der Waals surface area contributed by atoms with Gasteiger partial charge in [-0.15, -0.1) is 22.9 Å². The summed E-state index contributed by atoms with van der Waals surface area (Å²) < 4.78 is 43.1. The molecule has 2 rings (SSSR count). The van der Waals surface area contributed by atoms with Gasteiger partial charge < -0.3 is 29.5 Å². The second-order valence-electron chi connectivity index (χ2n) is 6.24. The summed E-state index contributed by atoms with van der Waals surface area (Å²) in [5.74, 6) is -5.96. The summed E-state index contributed by atoms with van der Waals surface area (Å²) in [6.07, 6.45) is 0. The van der Waals surface area contributed by atoms with E-state index in [2.05, 4.69) is 35.1 Å². The standard InChI is InChI=1S/C16H18ClN5O11S2.Na/c1-3-32-9(24)5-33-15(27)12-11(14(26)22(12)35(28,29)30)20-13(25)10(21-31-2)7-6-34-16(18-7)19-8(23)4-17;/h6,11-12H,3-5H2,1-2H3,(H,20,25)(H,18,19,23)(H,28,29,30);/q;+1/p-1/t11-,12-;/m0./s1. The fourth-order valence-corrected chi connectivity index (χ4v) is 4.20. The predicted molar refractivity (Wildman–Crippen MR) is 115 cm³/mol. The van der Waals surface area contributed by atoms with E-state index in [0.29, 0.717) is 0 Å². The van der Waals surface area contributed by atoms with Gasteiger partial charge in [0.2, 0.25) is 5.91 Å². The van der Waals surface area contributed by atoms with Crippen molar-refractivity contribution in [1.82, 2.24) is 14.6 Å². The first-order chi connectivity index (χ1) is 16.4. The Morgan fingerprint density at radius 2 is 1.97 bits per heavy atom. The van der Waals surface area contributed by atoms with Gasteiger partial charge in [0.25, 0.3) is 11.8 Å². The van der Waals surface area contributed by atoms with Gasteiger partial charge in [-0.3, -0.25) is 14.4 Å². The van der Waals surface area contributed by atoms with Crippen LogP contribution in [-0.2, 0) is 48.6 Å². The van der Waals surface area contributed by atoms with Crippen LogP contribution >= 0.6 is 22.9 Å². The third kappa shape index (κ3) is 7.82. The molecule has 1 fully saturated rings. The number of alkyl halides is 1. The van der Waals surface area contributed by atoms with Crippen LogP contribution in [0.2, 0.25) is 0 Å².